The number of carbonyl (C=O) groups excluding carboxylic acids is 2. The van der Waals surface area contributed by atoms with Gasteiger partial charge in [-0.15, -0.1) is 0 Å². The Morgan fingerprint density at radius 3 is 2.33 bits per heavy atom. The van der Waals surface area contributed by atoms with Gasteiger partial charge in [0.1, 0.15) is 5.82 Å². The van der Waals surface area contributed by atoms with Crippen molar-refractivity contribution in [2.45, 2.75) is 47.0 Å². The number of rotatable bonds is 5. The summed E-state index contributed by atoms with van der Waals surface area (Å²) in [6, 6.07) is 12.7. The average molecular weight is 468 g/mol. The lowest BCUT2D eigenvalue weighted by Crippen LogP contribution is -2.36. The number of hydrogen-bond acceptors (Lipinski definition) is 3. The number of aromatic nitrogens is 2. The highest BCUT2D eigenvalue weighted by Gasteiger charge is 2.22. The molecule has 3 N–H and O–H groups in total. The molecule has 1 aromatic heterocycles. The van der Waals surface area contributed by atoms with Gasteiger partial charge in [-0.3, -0.25) is 4.79 Å². The van der Waals surface area contributed by atoms with Crippen molar-refractivity contribution in [1.29, 1.82) is 0 Å². The number of urea groups is 1. The molecule has 8 heteroatoms. The largest absolute Gasteiger partial charge is 0.329 e. The van der Waals surface area contributed by atoms with Crippen LogP contribution >= 0.6 is 11.6 Å². The topological polar surface area (TPSA) is 88.1 Å². The van der Waals surface area contributed by atoms with E-state index in [1.807, 2.05) is 45.0 Å². The molecule has 0 spiro atoms. The number of halogens is 1. The number of benzene rings is 2. The van der Waals surface area contributed by atoms with Crippen LogP contribution in [0.1, 0.15) is 43.2 Å². The number of anilines is 2. The first-order valence-electron chi connectivity index (χ1n) is 10.7. The molecular weight excluding hydrogens is 438 g/mol. The van der Waals surface area contributed by atoms with Crippen molar-refractivity contribution in [3.63, 3.8) is 0 Å². The van der Waals surface area contributed by atoms with Crippen molar-refractivity contribution in [3.8, 4) is 5.69 Å². The molecule has 0 unspecified atom stereocenters. The Balaban J connectivity index is 1.72. The van der Waals surface area contributed by atoms with Crippen LogP contribution in [-0.2, 0) is 10.2 Å². The van der Waals surface area contributed by atoms with E-state index in [4.69, 9.17) is 16.7 Å². The molecule has 0 aliphatic rings. The quantitative estimate of drug-likeness (QED) is 0.462. The fraction of sp³-hybridized carbons (Fsp3) is 0.320. The molecule has 174 valence electrons. The second-order valence-corrected chi connectivity index (χ2v) is 9.59. The van der Waals surface area contributed by atoms with Crippen LogP contribution in [0.5, 0.6) is 0 Å². The Morgan fingerprint density at radius 1 is 0.970 bits per heavy atom. The molecule has 3 amide bonds. The molecule has 33 heavy (non-hydrogen) atoms. The summed E-state index contributed by atoms with van der Waals surface area (Å²) < 4.78 is 1.74. The lowest BCUT2D eigenvalue weighted by molar-refractivity contribution is -0.115. The Morgan fingerprint density at radius 2 is 1.70 bits per heavy atom. The normalized spacial score (nSPS) is 11.2. The molecule has 0 fully saturated rings. The van der Waals surface area contributed by atoms with E-state index in [0.717, 1.165) is 28.1 Å². The maximum absolute atomic E-state index is 12.6. The summed E-state index contributed by atoms with van der Waals surface area (Å²) in [5.41, 5.74) is 5.19. The fourth-order valence-electron chi connectivity index (χ4n) is 3.26. The van der Waals surface area contributed by atoms with Crippen LogP contribution in [0.15, 0.2) is 42.5 Å². The summed E-state index contributed by atoms with van der Waals surface area (Å²) >= 11 is 6.09. The van der Waals surface area contributed by atoms with E-state index in [0.29, 0.717) is 16.5 Å². The van der Waals surface area contributed by atoms with E-state index >= 15 is 0 Å². The van der Waals surface area contributed by atoms with Crippen molar-refractivity contribution in [2.24, 2.45) is 0 Å². The predicted octanol–water partition coefficient (Wildman–Crippen LogP) is 5.51. The highest BCUT2D eigenvalue weighted by Crippen LogP contribution is 2.27. The second kappa shape index (κ2) is 9.67. The van der Waals surface area contributed by atoms with Crippen molar-refractivity contribution in [2.75, 3.05) is 17.2 Å². The van der Waals surface area contributed by atoms with Crippen LogP contribution in [-0.4, -0.2) is 28.3 Å². The molecule has 0 atom stereocenters. The van der Waals surface area contributed by atoms with Crippen LogP contribution < -0.4 is 16.0 Å². The Kier molecular flexibility index (Phi) is 7.12. The molecule has 0 saturated heterocycles. The SMILES string of the molecule is Cc1ccc(-n2nc(C(C)(C)C)cc2NC(=O)CNC(=O)Nc2ccc(C)c(Cl)c2)c(C)c1. The van der Waals surface area contributed by atoms with Gasteiger partial charge in [-0.1, -0.05) is 56.1 Å². The van der Waals surface area contributed by atoms with E-state index in [9.17, 15) is 9.59 Å². The minimum Gasteiger partial charge on any atom is -0.329 e. The molecule has 7 nitrogen and oxygen atoms in total. The third-order valence-corrected chi connectivity index (χ3v) is 5.57. The summed E-state index contributed by atoms with van der Waals surface area (Å²) in [4.78, 5) is 24.8. The zero-order chi connectivity index (χ0) is 24.3. The van der Waals surface area contributed by atoms with E-state index in [-0.39, 0.29) is 17.9 Å². The number of carbonyl (C=O) groups is 2. The van der Waals surface area contributed by atoms with Crippen molar-refractivity contribution >= 4 is 35.0 Å². The maximum Gasteiger partial charge on any atom is 0.319 e. The summed E-state index contributed by atoms with van der Waals surface area (Å²) in [5, 5.41) is 13.4. The lowest BCUT2D eigenvalue weighted by atomic mass is 9.92. The van der Waals surface area contributed by atoms with Gasteiger partial charge in [0.25, 0.3) is 0 Å². The summed E-state index contributed by atoms with van der Waals surface area (Å²) in [6.45, 7) is 11.9. The highest BCUT2D eigenvalue weighted by molar-refractivity contribution is 6.31. The van der Waals surface area contributed by atoms with Gasteiger partial charge in [-0.25, -0.2) is 9.48 Å². The summed E-state index contributed by atoms with van der Waals surface area (Å²) in [7, 11) is 0. The van der Waals surface area contributed by atoms with Crippen LogP contribution in [0.25, 0.3) is 5.69 Å². The first-order chi connectivity index (χ1) is 15.4. The zero-order valence-corrected chi connectivity index (χ0v) is 20.6. The summed E-state index contributed by atoms with van der Waals surface area (Å²) in [6.07, 6.45) is 0. The maximum atomic E-state index is 12.6. The minimum absolute atomic E-state index is 0.198. The van der Waals surface area contributed by atoms with Gasteiger partial charge < -0.3 is 16.0 Å². The molecule has 1 heterocycles. The van der Waals surface area contributed by atoms with Crippen LogP contribution in [0, 0.1) is 20.8 Å². The predicted molar refractivity (Wildman–Crippen MR) is 134 cm³/mol. The van der Waals surface area contributed by atoms with Crippen molar-refractivity contribution in [1.82, 2.24) is 15.1 Å². The zero-order valence-electron chi connectivity index (χ0n) is 19.8. The van der Waals surface area contributed by atoms with E-state index in [1.165, 1.54) is 0 Å². The standard InChI is InChI=1S/C25H30ClN5O2/c1-15-7-10-20(17(3)11-15)31-22(13-21(30-31)25(4,5)6)29-23(32)14-27-24(33)28-18-9-8-16(2)19(26)12-18/h7-13H,14H2,1-6H3,(H,29,32)(H2,27,28,33). The van der Waals surface area contributed by atoms with Gasteiger partial charge in [0, 0.05) is 22.2 Å². The fourth-order valence-corrected chi connectivity index (χ4v) is 3.44. The van der Waals surface area contributed by atoms with Crippen LogP contribution in [0.3, 0.4) is 0 Å². The number of nitrogens with zero attached hydrogens (tertiary/aromatic N) is 2. The third-order valence-electron chi connectivity index (χ3n) is 5.16. The molecule has 3 aromatic rings. The van der Waals surface area contributed by atoms with Crippen molar-refractivity contribution < 1.29 is 9.59 Å². The first kappa shape index (κ1) is 24.3. The van der Waals surface area contributed by atoms with Crippen molar-refractivity contribution in [3.05, 3.63) is 69.9 Å². The summed E-state index contributed by atoms with van der Waals surface area (Å²) in [5.74, 6) is 0.183. The molecule has 2 aromatic carbocycles. The molecular formula is C25H30ClN5O2. The Bertz CT molecular complexity index is 1190. The van der Waals surface area contributed by atoms with Gasteiger partial charge in [-0.2, -0.15) is 5.10 Å². The van der Waals surface area contributed by atoms with Crippen LogP contribution in [0.2, 0.25) is 5.02 Å². The third kappa shape index (κ3) is 6.14. The molecule has 0 aliphatic carbocycles. The van der Waals surface area contributed by atoms with Gasteiger partial charge >= 0.3 is 6.03 Å². The van der Waals surface area contributed by atoms with Crippen LogP contribution in [0.4, 0.5) is 16.3 Å². The molecule has 0 saturated carbocycles. The smallest absolute Gasteiger partial charge is 0.319 e. The van der Waals surface area contributed by atoms with Gasteiger partial charge in [0.05, 0.1) is 17.9 Å². The number of aryl methyl sites for hydroxylation is 3. The van der Waals surface area contributed by atoms with Gasteiger partial charge in [-0.05, 0) is 50.1 Å². The Labute approximate surface area is 199 Å². The Hall–Kier alpha value is -3.32. The van der Waals surface area contributed by atoms with Gasteiger partial charge in [0.15, 0.2) is 0 Å². The van der Waals surface area contributed by atoms with E-state index < -0.39 is 6.03 Å². The average Bonchev–Trinajstić information content (AvgIpc) is 3.13. The highest BCUT2D eigenvalue weighted by atomic mass is 35.5. The van der Waals surface area contributed by atoms with E-state index in [2.05, 4.69) is 42.8 Å². The molecule has 0 bridgehead atoms. The minimum atomic E-state index is -0.497. The molecule has 0 radical (unpaired) electrons. The lowest BCUT2D eigenvalue weighted by Gasteiger charge is -2.14. The number of hydrogen-bond donors (Lipinski definition) is 3. The first-order valence-corrected chi connectivity index (χ1v) is 11.1. The molecule has 0 aliphatic heterocycles. The van der Waals surface area contributed by atoms with E-state index in [1.54, 1.807) is 16.8 Å². The van der Waals surface area contributed by atoms with Gasteiger partial charge in [0.2, 0.25) is 5.91 Å². The monoisotopic (exact) mass is 467 g/mol. The second-order valence-electron chi connectivity index (χ2n) is 9.19. The number of amides is 3. The number of nitrogens with one attached hydrogen (secondary N) is 3. The molecule has 3 rings (SSSR count).